The first-order valence-corrected chi connectivity index (χ1v) is 11.1. The second kappa shape index (κ2) is 9.67. The normalized spacial score (nSPS) is 13.9. The zero-order valence-electron chi connectivity index (χ0n) is 17.8. The van der Waals surface area contributed by atoms with Crippen molar-refractivity contribution in [2.75, 3.05) is 30.4 Å². The number of nitrogens with zero attached hydrogens (tertiary/aromatic N) is 4. The summed E-state index contributed by atoms with van der Waals surface area (Å²) in [6.07, 6.45) is 2.62. The van der Waals surface area contributed by atoms with Gasteiger partial charge in [-0.3, -0.25) is 14.9 Å². The lowest BCUT2D eigenvalue weighted by atomic mass is 9.97. The molecule has 9 nitrogen and oxygen atoms in total. The van der Waals surface area contributed by atoms with E-state index in [9.17, 15) is 14.9 Å². The number of methoxy groups -OCH3 is 1. The average molecular weight is 464 g/mol. The molecule has 1 saturated heterocycles. The molecule has 2 N–H and O–H groups in total. The molecule has 33 heavy (non-hydrogen) atoms. The molecule has 0 radical (unpaired) electrons. The number of carboxylic acids is 1. The molecule has 1 aliphatic heterocycles. The van der Waals surface area contributed by atoms with Crippen molar-refractivity contribution in [3.05, 3.63) is 53.0 Å². The van der Waals surface area contributed by atoms with Gasteiger partial charge in [-0.1, -0.05) is 11.3 Å². The Morgan fingerprint density at radius 1 is 1.21 bits per heavy atom. The van der Waals surface area contributed by atoms with E-state index in [1.807, 2.05) is 17.0 Å². The predicted octanol–water partition coefficient (Wildman–Crippen LogP) is 3.64. The van der Waals surface area contributed by atoms with E-state index in [1.165, 1.54) is 6.20 Å². The number of aromatic nitrogens is 2. The molecular weight excluding hydrogens is 442 g/mol. The first kappa shape index (κ1) is 22.2. The molecule has 4 rings (SSSR count). The van der Waals surface area contributed by atoms with Crippen molar-refractivity contribution in [1.29, 1.82) is 5.26 Å². The molecule has 0 aliphatic carbocycles. The molecule has 10 heteroatoms. The number of piperidine rings is 1. The maximum absolute atomic E-state index is 12.7. The van der Waals surface area contributed by atoms with Gasteiger partial charge in [0.15, 0.2) is 5.13 Å². The van der Waals surface area contributed by atoms with Crippen LogP contribution >= 0.6 is 11.3 Å². The standard InChI is InChI=1S/C23H21N5O4S/c1-32-17-5-2-14(3-6-17)20-18(12-24)33-23(26-20)27-21(29)16-4-7-19(25-13-16)28-10-8-15(9-11-28)22(30)31/h2-7,13,15H,8-11H2,1H3,(H,30,31)(H,26,27,29). The van der Waals surface area contributed by atoms with Crippen molar-refractivity contribution >= 4 is 34.2 Å². The SMILES string of the molecule is COc1ccc(-c2nc(NC(=O)c3ccc(N4CCC(C(=O)O)CC4)nc3)sc2C#N)cc1. The van der Waals surface area contributed by atoms with Crippen LogP contribution in [-0.2, 0) is 4.79 Å². The first-order chi connectivity index (χ1) is 16.0. The van der Waals surface area contributed by atoms with Gasteiger partial charge in [0.1, 0.15) is 28.2 Å². The number of nitriles is 1. The van der Waals surface area contributed by atoms with E-state index >= 15 is 0 Å². The summed E-state index contributed by atoms with van der Waals surface area (Å²) in [5.74, 6) is -0.0446. The number of anilines is 2. The number of rotatable bonds is 6. The van der Waals surface area contributed by atoms with E-state index in [-0.39, 0.29) is 11.8 Å². The number of ether oxygens (including phenoxy) is 1. The molecule has 3 heterocycles. The summed E-state index contributed by atoms with van der Waals surface area (Å²) >= 11 is 1.10. The molecule has 3 aromatic rings. The van der Waals surface area contributed by atoms with Crippen LogP contribution in [0.4, 0.5) is 10.9 Å². The Labute approximate surface area is 194 Å². The van der Waals surface area contributed by atoms with Gasteiger partial charge in [-0.05, 0) is 49.2 Å². The number of hydrogen-bond acceptors (Lipinski definition) is 8. The molecule has 0 bridgehead atoms. The third-order valence-electron chi connectivity index (χ3n) is 5.49. The Kier molecular flexibility index (Phi) is 6.51. The molecule has 0 spiro atoms. The number of benzene rings is 1. The van der Waals surface area contributed by atoms with E-state index in [0.29, 0.717) is 58.8 Å². The van der Waals surface area contributed by atoms with Crippen LogP contribution in [0.25, 0.3) is 11.3 Å². The van der Waals surface area contributed by atoms with Crippen molar-refractivity contribution in [1.82, 2.24) is 9.97 Å². The highest BCUT2D eigenvalue weighted by molar-refractivity contribution is 7.16. The summed E-state index contributed by atoms with van der Waals surface area (Å²) in [6.45, 7) is 1.22. The number of thiazole rings is 1. The van der Waals surface area contributed by atoms with Crippen LogP contribution in [0.2, 0.25) is 0 Å². The second-order valence-corrected chi connectivity index (χ2v) is 8.49. The summed E-state index contributed by atoms with van der Waals surface area (Å²) in [5.41, 5.74) is 1.61. The summed E-state index contributed by atoms with van der Waals surface area (Å²) in [4.78, 5) is 35.0. The van der Waals surface area contributed by atoms with Crippen molar-refractivity contribution in [3.8, 4) is 23.1 Å². The average Bonchev–Trinajstić information content (AvgIpc) is 3.27. The monoisotopic (exact) mass is 463 g/mol. The molecular formula is C23H21N5O4S. The smallest absolute Gasteiger partial charge is 0.306 e. The van der Waals surface area contributed by atoms with Crippen molar-refractivity contribution in [3.63, 3.8) is 0 Å². The van der Waals surface area contributed by atoms with Gasteiger partial charge in [0.05, 0.1) is 18.6 Å². The highest BCUT2D eigenvalue weighted by Gasteiger charge is 2.25. The predicted molar refractivity (Wildman–Crippen MR) is 124 cm³/mol. The molecule has 1 aliphatic rings. The molecule has 0 atom stereocenters. The summed E-state index contributed by atoms with van der Waals surface area (Å²) < 4.78 is 5.16. The summed E-state index contributed by atoms with van der Waals surface area (Å²) in [6, 6.07) is 12.7. The Bertz CT molecular complexity index is 1190. The Morgan fingerprint density at radius 2 is 1.94 bits per heavy atom. The minimum Gasteiger partial charge on any atom is -0.497 e. The first-order valence-electron chi connectivity index (χ1n) is 10.3. The van der Waals surface area contributed by atoms with Gasteiger partial charge in [0.2, 0.25) is 0 Å². The van der Waals surface area contributed by atoms with E-state index in [2.05, 4.69) is 21.4 Å². The summed E-state index contributed by atoms with van der Waals surface area (Å²) in [7, 11) is 1.58. The molecule has 1 amide bonds. The Balaban J connectivity index is 1.43. The van der Waals surface area contributed by atoms with Gasteiger partial charge < -0.3 is 14.7 Å². The zero-order chi connectivity index (χ0) is 23.4. The van der Waals surface area contributed by atoms with Gasteiger partial charge in [-0.25, -0.2) is 9.97 Å². The lowest BCUT2D eigenvalue weighted by molar-refractivity contribution is -0.142. The van der Waals surface area contributed by atoms with Crippen molar-refractivity contribution < 1.29 is 19.4 Å². The van der Waals surface area contributed by atoms with E-state index in [0.717, 1.165) is 16.9 Å². The number of amides is 1. The van der Waals surface area contributed by atoms with Crippen LogP contribution in [0.5, 0.6) is 5.75 Å². The Hall–Kier alpha value is -3.97. The van der Waals surface area contributed by atoms with Crippen molar-refractivity contribution in [2.24, 2.45) is 5.92 Å². The number of carbonyl (C=O) groups excluding carboxylic acids is 1. The number of pyridine rings is 1. The van der Waals surface area contributed by atoms with E-state index in [1.54, 1.807) is 31.4 Å². The molecule has 168 valence electrons. The van der Waals surface area contributed by atoms with Gasteiger partial charge >= 0.3 is 5.97 Å². The fourth-order valence-electron chi connectivity index (χ4n) is 3.63. The third kappa shape index (κ3) is 4.94. The van der Waals surface area contributed by atoms with Gasteiger partial charge in [0.25, 0.3) is 5.91 Å². The largest absolute Gasteiger partial charge is 0.497 e. The van der Waals surface area contributed by atoms with E-state index in [4.69, 9.17) is 9.84 Å². The van der Waals surface area contributed by atoms with Crippen LogP contribution in [0, 0.1) is 17.2 Å². The maximum atomic E-state index is 12.7. The highest BCUT2D eigenvalue weighted by Crippen LogP contribution is 2.32. The van der Waals surface area contributed by atoms with Gasteiger partial charge in [-0.2, -0.15) is 5.26 Å². The fourth-order valence-corrected chi connectivity index (χ4v) is 4.41. The topological polar surface area (TPSA) is 128 Å². The number of nitrogens with one attached hydrogen (secondary N) is 1. The Morgan fingerprint density at radius 3 is 2.52 bits per heavy atom. The van der Waals surface area contributed by atoms with Crippen LogP contribution in [0.1, 0.15) is 28.1 Å². The van der Waals surface area contributed by atoms with E-state index < -0.39 is 5.97 Å². The quantitative estimate of drug-likeness (QED) is 0.567. The highest BCUT2D eigenvalue weighted by atomic mass is 32.1. The van der Waals surface area contributed by atoms with Gasteiger partial charge in [-0.15, -0.1) is 0 Å². The number of hydrogen-bond donors (Lipinski definition) is 2. The summed E-state index contributed by atoms with van der Waals surface area (Å²) in [5, 5.41) is 21.7. The van der Waals surface area contributed by atoms with Crippen LogP contribution < -0.4 is 15.0 Å². The minimum absolute atomic E-state index is 0.314. The molecule has 0 saturated carbocycles. The van der Waals surface area contributed by atoms with Gasteiger partial charge in [0, 0.05) is 24.8 Å². The van der Waals surface area contributed by atoms with Crippen LogP contribution in [0.3, 0.4) is 0 Å². The third-order valence-corrected chi connectivity index (χ3v) is 6.37. The maximum Gasteiger partial charge on any atom is 0.306 e. The zero-order valence-corrected chi connectivity index (χ0v) is 18.6. The van der Waals surface area contributed by atoms with Crippen LogP contribution in [0.15, 0.2) is 42.6 Å². The van der Waals surface area contributed by atoms with Crippen LogP contribution in [-0.4, -0.2) is 47.2 Å². The molecule has 0 unspecified atom stereocenters. The second-order valence-electron chi connectivity index (χ2n) is 7.50. The molecule has 1 fully saturated rings. The lowest BCUT2D eigenvalue weighted by Crippen LogP contribution is -2.36. The lowest BCUT2D eigenvalue weighted by Gasteiger charge is -2.30. The van der Waals surface area contributed by atoms with Crippen molar-refractivity contribution in [2.45, 2.75) is 12.8 Å². The fraction of sp³-hybridized carbons (Fsp3) is 0.261. The molecule has 2 aromatic heterocycles. The number of aliphatic carboxylic acids is 1. The minimum atomic E-state index is -0.758. The number of carbonyl (C=O) groups is 2. The number of carboxylic acid groups (broad SMARTS) is 1. The molecule has 1 aromatic carbocycles.